The van der Waals surface area contributed by atoms with E-state index in [1.807, 2.05) is 18.2 Å². The van der Waals surface area contributed by atoms with Gasteiger partial charge in [-0.05, 0) is 12.2 Å². The molecule has 1 aliphatic heterocycles. The third-order valence-electron chi connectivity index (χ3n) is 1.84. The summed E-state index contributed by atoms with van der Waals surface area (Å²) in [5.41, 5.74) is 0.777. The maximum absolute atomic E-state index is 11.4. The van der Waals surface area contributed by atoms with Crippen molar-refractivity contribution >= 4 is 17.3 Å². The van der Waals surface area contributed by atoms with Crippen LogP contribution in [0, 0.1) is 0 Å². The average Bonchev–Trinajstić information content (AvgIpc) is 2.53. The molecule has 0 aliphatic carbocycles. The number of carbonyl (C=O) groups excluding carboxylic acids is 1. The molecule has 0 saturated heterocycles. The molecule has 0 radical (unpaired) electrons. The molecule has 94 valence electrons. The Morgan fingerprint density at radius 3 is 3.06 bits per heavy atom. The minimum absolute atomic E-state index is 0.00112. The Morgan fingerprint density at radius 1 is 1.47 bits per heavy atom. The van der Waals surface area contributed by atoms with Gasteiger partial charge >= 0.3 is 11.4 Å². The molecule has 1 heterocycles. The smallest absolute Gasteiger partial charge is 0.301 e. The topological polar surface area (TPSA) is 87.7 Å². The zero-order chi connectivity index (χ0) is 12.5. The molecule has 0 saturated carbocycles. The first-order valence-corrected chi connectivity index (χ1v) is 6.01. The van der Waals surface area contributed by atoms with Gasteiger partial charge in [0.05, 0.1) is 13.0 Å². The molecule has 1 atom stereocenters. The maximum atomic E-state index is 11.4. The van der Waals surface area contributed by atoms with Gasteiger partial charge in [-0.15, -0.1) is 0 Å². The quantitative estimate of drug-likeness (QED) is 0.468. The van der Waals surface area contributed by atoms with Gasteiger partial charge in [-0.2, -0.15) is 4.21 Å². The van der Waals surface area contributed by atoms with Crippen LogP contribution < -0.4 is 10.6 Å². The van der Waals surface area contributed by atoms with E-state index in [1.54, 1.807) is 12.3 Å². The normalized spacial score (nSPS) is 15.7. The van der Waals surface area contributed by atoms with Gasteiger partial charge in [-0.3, -0.25) is 13.5 Å². The molecule has 3 N–H and O–H groups in total. The van der Waals surface area contributed by atoms with Crippen molar-refractivity contribution < 1.29 is 17.7 Å². The summed E-state index contributed by atoms with van der Waals surface area (Å²) in [7, 11) is 0. The fourth-order valence-electron chi connectivity index (χ4n) is 1.14. The summed E-state index contributed by atoms with van der Waals surface area (Å²) in [4.78, 5) is 11.4. The van der Waals surface area contributed by atoms with E-state index in [9.17, 15) is 9.00 Å². The first-order chi connectivity index (χ1) is 8.18. The molecular formula is C10H14N2O4S. The van der Waals surface area contributed by atoms with E-state index < -0.39 is 11.4 Å². The van der Waals surface area contributed by atoms with E-state index >= 15 is 0 Å². The van der Waals surface area contributed by atoms with E-state index in [1.165, 1.54) is 0 Å². The van der Waals surface area contributed by atoms with E-state index in [4.69, 9.17) is 4.55 Å². The van der Waals surface area contributed by atoms with E-state index in [2.05, 4.69) is 14.8 Å². The number of nitrogens with one attached hydrogen (secondary N) is 2. The molecule has 0 aromatic heterocycles. The Balaban J connectivity index is 2.20. The summed E-state index contributed by atoms with van der Waals surface area (Å²) >= 11 is -2.28. The lowest BCUT2D eigenvalue weighted by molar-refractivity contribution is -0.120. The zero-order valence-electron chi connectivity index (χ0n) is 9.09. The van der Waals surface area contributed by atoms with Crippen LogP contribution in [0.15, 0.2) is 36.2 Å². The van der Waals surface area contributed by atoms with Crippen LogP contribution in [0.25, 0.3) is 0 Å². The van der Waals surface area contributed by atoms with Gasteiger partial charge < -0.3 is 10.6 Å². The van der Waals surface area contributed by atoms with Crippen LogP contribution in [0.1, 0.15) is 6.42 Å². The molecule has 1 amide bonds. The van der Waals surface area contributed by atoms with Gasteiger partial charge in [-0.1, -0.05) is 12.2 Å². The first-order valence-electron chi connectivity index (χ1n) is 4.98. The molecule has 0 aromatic rings. The third-order valence-corrected chi connectivity index (χ3v) is 2.21. The van der Waals surface area contributed by atoms with E-state index in [0.717, 1.165) is 5.70 Å². The average molecular weight is 258 g/mol. The molecule has 1 rings (SSSR count). The monoisotopic (exact) mass is 258 g/mol. The van der Waals surface area contributed by atoms with Gasteiger partial charge in [0.15, 0.2) is 0 Å². The van der Waals surface area contributed by atoms with E-state index in [0.29, 0.717) is 0 Å². The molecule has 6 nitrogen and oxygen atoms in total. The predicted octanol–water partition coefficient (Wildman–Crippen LogP) is 0.203. The molecule has 0 aromatic carbocycles. The second-order valence-electron chi connectivity index (χ2n) is 3.15. The molecule has 0 spiro atoms. The summed E-state index contributed by atoms with van der Waals surface area (Å²) in [5.74, 6) is -0.181. The van der Waals surface area contributed by atoms with Crippen LogP contribution in [0.5, 0.6) is 0 Å². The van der Waals surface area contributed by atoms with E-state index in [-0.39, 0.29) is 25.5 Å². The largest absolute Gasteiger partial charge is 0.365 e. The number of amides is 1. The minimum Gasteiger partial charge on any atom is -0.365 e. The molecular weight excluding hydrogens is 244 g/mol. The number of carbonyl (C=O) groups is 1. The molecule has 0 fully saturated rings. The third kappa shape index (κ3) is 6.67. The number of hydrogen-bond acceptors (Lipinski definition) is 4. The van der Waals surface area contributed by atoms with Crippen molar-refractivity contribution in [1.29, 1.82) is 0 Å². The predicted molar refractivity (Wildman–Crippen MR) is 63.8 cm³/mol. The SMILES string of the molecule is O=C(CC1=CC=CC=CN1)NCCOS(=O)O. The maximum Gasteiger partial charge on any atom is 0.301 e. The fraction of sp³-hybridized carbons (Fsp3) is 0.300. The highest BCUT2D eigenvalue weighted by Gasteiger charge is 2.04. The highest BCUT2D eigenvalue weighted by atomic mass is 32.2. The summed E-state index contributed by atoms with van der Waals surface area (Å²) in [6, 6.07) is 0. The minimum atomic E-state index is -2.28. The molecule has 0 bridgehead atoms. The number of hydrogen-bond donors (Lipinski definition) is 3. The fourth-order valence-corrected chi connectivity index (χ4v) is 1.37. The second kappa shape index (κ2) is 7.77. The Labute approximate surface area is 102 Å². The summed E-state index contributed by atoms with van der Waals surface area (Å²) in [6.07, 6.45) is 9.27. The van der Waals surface area contributed by atoms with Gasteiger partial charge in [0.25, 0.3) is 0 Å². The van der Waals surface area contributed by atoms with Gasteiger partial charge in [0, 0.05) is 18.4 Å². The lowest BCUT2D eigenvalue weighted by Gasteiger charge is -2.07. The first kappa shape index (κ1) is 13.6. The molecule has 17 heavy (non-hydrogen) atoms. The van der Waals surface area contributed by atoms with Crippen molar-refractivity contribution in [2.45, 2.75) is 6.42 Å². The lowest BCUT2D eigenvalue weighted by Crippen LogP contribution is -2.28. The van der Waals surface area contributed by atoms with Crippen molar-refractivity contribution in [3.63, 3.8) is 0 Å². The second-order valence-corrected chi connectivity index (χ2v) is 3.82. The van der Waals surface area contributed by atoms with Crippen molar-refractivity contribution in [2.24, 2.45) is 0 Å². The molecule has 1 aliphatic rings. The van der Waals surface area contributed by atoms with Crippen molar-refractivity contribution in [3.05, 3.63) is 36.2 Å². The van der Waals surface area contributed by atoms with Crippen molar-refractivity contribution in [2.75, 3.05) is 13.2 Å². The van der Waals surface area contributed by atoms with Gasteiger partial charge in [-0.25, -0.2) is 0 Å². The summed E-state index contributed by atoms with van der Waals surface area (Å²) in [5, 5.41) is 5.53. The molecule has 7 heteroatoms. The molecule has 1 unspecified atom stereocenters. The Kier molecular flexibility index (Phi) is 6.23. The van der Waals surface area contributed by atoms with Crippen LogP contribution in [0.3, 0.4) is 0 Å². The van der Waals surface area contributed by atoms with Gasteiger partial charge in [0.2, 0.25) is 5.91 Å². The highest BCUT2D eigenvalue weighted by Crippen LogP contribution is 2.00. The Hall–Kier alpha value is -1.44. The Bertz CT molecular complexity index is 377. The van der Waals surface area contributed by atoms with Crippen LogP contribution in [-0.4, -0.2) is 27.8 Å². The number of rotatable bonds is 6. The van der Waals surface area contributed by atoms with Crippen LogP contribution in [0.4, 0.5) is 0 Å². The van der Waals surface area contributed by atoms with Crippen LogP contribution in [-0.2, 0) is 20.3 Å². The number of allylic oxidation sites excluding steroid dienone is 4. The standard InChI is InChI=1S/C10H14N2O4S/c13-10(12-6-7-16-17(14)15)8-9-4-2-1-3-5-11-9/h1-5,11H,6-8H2,(H,12,13)(H,14,15). The zero-order valence-corrected chi connectivity index (χ0v) is 9.90. The Morgan fingerprint density at radius 2 is 2.29 bits per heavy atom. The highest BCUT2D eigenvalue weighted by molar-refractivity contribution is 7.74. The van der Waals surface area contributed by atoms with Crippen molar-refractivity contribution in [3.8, 4) is 0 Å². The summed E-state index contributed by atoms with van der Waals surface area (Å²) in [6.45, 7) is 0.200. The lowest BCUT2D eigenvalue weighted by atomic mass is 10.2. The van der Waals surface area contributed by atoms with Crippen LogP contribution >= 0.6 is 0 Å². The summed E-state index contributed by atoms with van der Waals surface area (Å²) < 4.78 is 22.8. The van der Waals surface area contributed by atoms with Crippen molar-refractivity contribution in [1.82, 2.24) is 10.6 Å². The van der Waals surface area contributed by atoms with Crippen LogP contribution in [0.2, 0.25) is 0 Å². The van der Waals surface area contributed by atoms with Gasteiger partial charge in [0.1, 0.15) is 0 Å².